The highest BCUT2D eigenvalue weighted by molar-refractivity contribution is 5.81. The van der Waals surface area contributed by atoms with Crippen LogP contribution in [0.4, 0.5) is 0 Å². The molecule has 1 aromatic carbocycles. The molecule has 1 saturated heterocycles. The molecule has 2 N–H and O–H groups in total. The number of carbonyl (C=O) groups excluding carboxylic acids is 1. The number of benzene rings is 1. The SMILES string of the molecule is CC(Oc1ccc([C@@H](C)N)cc1)C(=O)N1CCOCC1. The van der Waals surface area contributed by atoms with Gasteiger partial charge in [-0.05, 0) is 31.5 Å². The van der Waals surface area contributed by atoms with Crippen LogP contribution < -0.4 is 10.5 Å². The Hall–Kier alpha value is -1.59. The summed E-state index contributed by atoms with van der Waals surface area (Å²) >= 11 is 0. The van der Waals surface area contributed by atoms with Crippen LogP contribution in [0.5, 0.6) is 5.75 Å². The summed E-state index contributed by atoms with van der Waals surface area (Å²) in [5, 5.41) is 0. The van der Waals surface area contributed by atoms with Gasteiger partial charge in [-0.2, -0.15) is 0 Å². The Balaban J connectivity index is 1.92. The van der Waals surface area contributed by atoms with Crippen molar-refractivity contribution < 1.29 is 14.3 Å². The predicted octanol–water partition coefficient (Wildman–Crippen LogP) is 1.33. The van der Waals surface area contributed by atoms with E-state index in [1.807, 2.05) is 31.2 Å². The highest BCUT2D eigenvalue weighted by atomic mass is 16.5. The summed E-state index contributed by atoms with van der Waals surface area (Å²) < 4.78 is 10.9. The first-order valence-electron chi connectivity index (χ1n) is 6.96. The zero-order valence-corrected chi connectivity index (χ0v) is 12.0. The summed E-state index contributed by atoms with van der Waals surface area (Å²) in [5.41, 5.74) is 6.84. The molecule has 1 aliphatic rings. The van der Waals surface area contributed by atoms with Gasteiger partial charge in [-0.1, -0.05) is 12.1 Å². The monoisotopic (exact) mass is 278 g/mol. The van der Waals surface area contributed by atoms with Crippen LogP contribution in [0.25, 0.3) is 0 Å². The van der Waals surface area contributed by atoms with Gasteiger partial charge in [0.15, 0.2) is 6.10 Å². The van der Waals surface area contributed by atoms with Crippen molar-refractivity contribution in [2.45, 2.75) is 26.0 Å². The van der Waals surface area contributed by atoms with Crippen LogP contribution in [-0.4, -0.2) is 43.2 Å². The largest absolute Gasteiger partial charge is 0.481 e. The standard InChI is InChI=1S/C15H22N2O3/c1-11(16)13-3-5-14(6-4-13)20-12(2)15(18)17-7-9-19-10-8-17/h3-6,11-12H,7-10,16H2,1-2H3/t11-,12?/m1/s1. The second-order valence-corrected chi connectivity index (χ2v) is 5.06. The lowest BCUT2D eigenvalue weighted by atomic mass is 10.1. The lowest BCUT2D eigenvalue weighted by Gasteiger charge is -2.29. The van der Waals surface area contributed by atoms with Gasteiger partial charge in [-0.25, -0.2) is 0 Å². The minimum Gasteiger partial charge on any atom is -0.481 e. The van der Waals surface area contributed by atoms with Crippen molar-refractivity contribution in [1.82, 2.24) is 4.90 Å². The first kappa shape index (κ1) is 14.8. The summed E-state index contributed by atoms with van der Waals surface area (Å²) in [7, 11) is 0. The molecular weight excluding hydrogens is 256 g/mol. The molecule has 5 heteroatoms. The second-order valence-electron chi connectivity index (χ2n) is 5.06. The van der Waals surface area contributed by atoms with Gasteiger partial charge in [-0.15, -0.1) is 0 Å². The van der Waals surface area contributed by atoms with Gasteiger partial charge in [0.05, 0.1) is 13.2 Å². The summed E-state index contributed by atoms with van der Waals surface area (Å²) in [5.74, 6) is 0.688. The van der Waals surface area contributed by atoms with E-state index >= 15 is 0 Å². The third kappa shape index (κ3) is 3.71. The van der Waals surface area contributed by atoms with Gasteiger partial charge < -0.3 is 20.1 Å². The zero-order chi connectivity index (χ0) is 14.5. The molecule has 0 spiro atoms. The van der Waals surface area contributed by atoms with E-state index in [2.05, 4.69) is 0 Å². The molecule has 1 aliphatic heterocycles. The smallest absolute Gasteiger partial charge is 0.263 e. The topological polar surface area (TPSA) is 64.8 Å². The number of rotatable bonds is 4. The molecule has 0 bridgehead atoms. The van der Waals surface area contributed by atoms with E-state index in [0.29, 0.717) is 32.1 Å². The molecule has 0 radical (unpaired) electrons. The van der Waals surface area contributed by atoms with Gasteiger partial charge in [0, 0.05) is 19.1 Å². The van der Waals surface area contributed by atoms with Crippen molar-refractivity contribution in [3.05, 3.63) is 29.8 Å². The van der Waals surface area contributed by atoms with E-state index in [9.17, 15) is 4.79 Å². The van der Waals surface area contributed by atoms with Crippen molar-refractivity contribution in [2.24, 2.45) is 5.73 Å². The number of ether oxygens (including phenoxy) is 2. The fourth-order valence-corrected chi connectivity index (χ4v) is 2.15. The number of amides is 1. The summed E-state index contributed by atoms with van der Waals surface area (Å²) in [6, 6.07) is 7.54. The molecule has 1 aromatic rings. The third-order valence-electron chi connectivity index (χ3n) is 3.39. The first-order valence-corrected chi connectivity index (χ1v) is 6.96. The molecule has 0 aromatic heterocycles. The molecule has 2 atom stereocenters. The highest BCUT2D eigenvalue weighted by Gasteiger charge is 2.23. The van der Waals surface area contributed by atoms with Crippen LogP contribution >= 0.6 is 0 Å². The number of hydrogen-bond acceptors (Lipinski definition) is 4. The molecular formula is C15H22N2O3. The number of carbonyl (C=O) groups is 1. The highest BCUT2D eigenvalue weighted by Crippen LogP contribution is 2.18. The first-order chi connectivity index (χ1) is 9.58. The van der Waals surface area contributed by atoms with Gasteiger partial charge in [0.1, 0.15) is 5.75 Å². The molecule has 0 saturated carbocycles. The molecule has 1 fully saturated rings. The van der Waals surface area contributed by atoms with Crippen LogP contribution in [0.3, 0.4) is 0 Å². The fraction of sp³-hybridized carbons (Fsp3) is 0.533. The number of nitrogens with two attached hydrogens (primary N) is 1. The lowest BCUT2D eigenvalue weighted by Crippen LogP contribution is -2.46. The van der Waals surface area contributed by atoms with E-state index in [1.165, 1.54) is 0 Å². The lowest BCUT2D eigenvalue weighted by molar-refractivity contribution is -0.142. The average molecular weight is 278 g/mol. The maximum atomic E-state index is 12.2. The Labute approximate surface area is 119 Å². The molecule has 110 valence electrons. The third-order valence-corrected chi connectivity index (χ3v) is 3.39. The summed E-state index contributed by atoms with van der Waals surface area (Å²) in [6.07, 6.45) is -0.491. The number of hydrogen-bond donors (Lipinski definition) is 1. The fourth-order valence-electron chi connectivity index (χ4n) is 2.15. The minimum absolute atomic E-state index is 0.00328. The quantitative estimate of drug-likeness (QED) is 0.902. The molecule has 2 rings (SSSR count). The molecule has 5 nitrogen and oxygen atoms in total. The van der Waals surface area contributed by atoms with Gasteiger partial charge in [-0.3, -0.25) is 4.79 Å². The van der Waals surface area contributed by atoms with E-state index in [0.717, 1.165) is 5.56 Å². The van der Waals surface area contributed by atoms with Crippen molar-refractivity contribution in [3.8, 4) is 5.75 Å². The van der Waals surface area contributed by atoms with Crippen LogP contribution in [0, 0.1) is 0 Å². The molecule has 20 heavy (non-hydrogen) atoms. The summed E-state index contributed by atoms with van der Waals surface area (Å²) in [6.45, 7) is 6.17. The van der Waals surface area contributed by atoms with E-state index in [4.69, 9.17) is 15.2 Å². The van der Waals surface area contributed by atoms with Crippen molar-refractivity contribution in [3.63, 3.8) is 0 Å². The van der Waals surface area contributed by atoms with Crippen molar-refractivity contribution in [1.29, 1.82) is 0 Å². The Morgan fingerprint density at radius 3 is 2.40 bits per heavy atom. The molecule has 1 unspecified atom stereocenters. The zero-order valence-electron chi connectivity index (χ0n) is 12.0. The van der Waals surface area contributed by atoms with Crippen molar-refractivity contribution >= 4 is 5.91 Å². The average Bonchev–Trinajstić information content (AvgIpc) is 2.48. The predicted molar refractivity (Wildman–Crippen MR) is 76.5 cm³/mol. The maximum Gasteiger partial charge on any atom is 0.263 e. The van der Waals surface area contributed by atoms with Gasteiger partial charge >= 0.3 is 0 Å². The van der Waals surface area contributed by atoms with Gasteiger partial charge in [0.25, 0.3) is 5.91 Å². The Bertz CT molecular complexity index is 439. The minimum atomic E-state index is -0.491. The Morgan fingerprint density at radius 1 is 1.25 bits per heavy atom. The van der Waals surface area contributed by atoms with Gasteiger partial charge in [0.2, 0.25) is 0 Å². The van der Waals surface area contributed by atoms with E-state index in [1.54, 1.807) is 11.8 Å². The maximum absolute atomic E-state index is 12.2. The van der Waals surface area contributed by atoms with Crippen LogP contribution in [0.1, 0.15) is 25.5 Å². The molecule has 0 aliphatic carbocycles. The van der Waals surface area contributed by atoms with E-state index < -0.39 is 6.10 Å². The van der Waals surface area contributed by atoms with E-state index in [-0.39, 0.29) is 11.9 Å². The number of morpholine rings is 1. The Morgan fingerprint density at radius 2 is 1.85 bits per heavy atom. The number of nitrogens with zero attached hydrogens (tertiary/aromatic N) is 1. The molecule has 1 amide bonds. The molecule has 1 heterocycles. The summed E-state index contributed by atoms with van der Waals surface area (Å²) in [4.78, 5) is 14.0. The normalized spacial score (nSPS) is 18.4. The van der Waals surface area contributed by atoms with Crippen LogP contribution in [0.15, 0.2) is 24.3 Å². The van der Waals surface area contributed by atoms with Crippen LogP contribution in [-0.2, 0) is 9.53 Å². The van der Waals surface area contributed by atoms with Crippen molar-refractivity contribution in [2.75, 3.05) is 26.3 Å². The Kier molecular flexibility index (Phi) is 4.98. The van der Waals surface area contributed by atoms with Crippen LogP contribution in [0.2, 0.25) is 0 Å². The second kappa shape index (κ2) is 6.72.